The van der Waals surface area contributed by atoms with Crippen LogP contribution in [0, 0.1) is 0 Å². The lowest BCUT2D eigenvalue weighted by Gasteiger charge is -2.20. The zero-order valence-electron chi connectivity index (χ0n) is 14.5. The second-order valence-corrected chi connectivity index (χ2v) is 6.39. The summed E-state index contributed by atoms with van der Waals surface area (Å²) < 4.78 is 10.4. The summed E-state index contributed by atoms with van der Waals surface area (Å²) in [7, 11) is 0. The van der Waals surface area contributed by atoms with E-state index in [4.69, 9.17) is 9.47 Å². The molecule has 0 bridgehead atoms. The molecule has 132 valence electrons. The number of esters is 1. The largest absolute Gasteiger partial charge is 0.457 e. The SMILES string of the molecule is CC(C)(C)OC(=O)NNc1ccc(C(=O)OCc2ccccc2)cc1. The van der Waals surface area contributed by atoms with E-state index in [1.54, 1.807) is 45.0 Å². The number of rotatable bonds is 5. The van der Waals surface area contributed by atoms with Crippen LogP contribution in [0.1, 0.15) is 36.7 Å². The molecule has 0 saturated carbocycles. The molecule has 0 aliphatic rings. The third kappa shape index (κ3) is 6.55. The van der Waals surface area contributed by atoms with E-state index in [1.807, 2.05) is 30.3 Å². The van der Waals surface area contributed by atoms with Crippen molar-refractivity contribution in [2.45, 2.75) is 33.0 Å². The van der Waals surface area contributed by atoms with Crippen LogP contribution < -0.4 is 10.9 Å². The van der Waals surface area contributed by atoms with Crippen LogP contribution >= 0.6 is 0 Å². The van der Waals surface area contributed by atoms with Gasteiger partial charge in [-0.3, -0.25) is 5.43 Å². The lowest BCUT2D eigenvalue weighted by atomic mass is 10.2. The number of hydrogen-bond acceptors (Lipinski definition) is 5. The van der Waals surface area contributed by atoms with Crippen molar-refractivity contribution < 1.29 is 19.1 Å². The first kappa shape index (κ1) is 18.3. The molecule has 2 aromatic rings. The van der Waals surface area contributed by atoms with Crippen molar-refractivity contribution in [1.29, 1.82) is 0 Å². The summed E-state index contributed by atoms with van der Waals surface area (Å²) >= 11 is 0. The predicted molar refractivity (Wildman–Crippen MR) is 95.0 cm³/mol. The molecule has 0 aliphatic carbocycles. The van der Waals surface area contributed by atoms with E-state index in [9.17, 15) is 9.59 Å². The van der Waals surface area contributed by atoms with Crippen LogP contribution in [0.15, 0.2) is 54.6 Å². The maximum atomic E-state index is 12.0. The molecule has 0 unspecified atom stereocenters. The number of hydrazine groups is 1. The van der Waals surface area contributed by atoms with Gasteiger partial charge in [0.1, 0.15) is 12.2 Å². The molecule has 0 atom stereocenters. The van der Waals surface area contributed by atoms with Gasteiger partial charge in [-0.15, -0.1) is 0 Å². The van der Waals surface area contributed by atoms with Gasteiger partial charge in [0.15, 0.2) is 0 Å². The van der Waals surface area contributed by atoms with Crippen molar-refractivity contribution in [1.82, 2.24) is 5.43 Å². The molecular formula is C19H22N2O4. The zero-order valence-corrected chi connectivity index (χ0v) is 14.5. The molecule has 6 nitrogen and oxygen atoms in total. The highest BCUT2D eigenvalue weighted by molar-refractivity contribution is 5.89. The molecule has 2 rings (SSSR count). The Labute approximate surface area is 147 Å². The van der Waals surface area contributed by atoms with Crippen molar-refractivity contribution in [3.8, 4) is 0 Å². The minimum Gasteiger partial charge on any atom is -0.457 e. The van der Waals surface area contributed by atoms with E-state index in [0.717, 1.165) is 5.56 Å². The van der Waals surface area contributed by atoms with E-state index >= 15 is 0 Å². The van der Waals surface area contributed by atoms with Gasteiger partial charge in [0, 0.05) is 0 Å². The van der Waals surface area contributed by atoms with Crippen LogP contribution in [0.2, 0.25) is 0 Å². The second kappa shape index (κ2) is 8.19. The smallest absolute Gasteiger partial charge is 0.426 e. The summed E-state index contributed by atoms with van der Waals surface area (Å²) in [4.78, 5) is 23.6. The monoisotopic (exact) mass is 342 g/mol. The minimum atomic E-state index is -0.584. The van der Waals surface area contributed by atoms with Crippen LogP contribution in [-0.4, -0.2) is 17.7 Å². The Morgan fingerprint density at radius 2 is 1.60 bits per heavy atom. The number of carbonyl (C=O) groups excluding carboxylic acids is 2. The number of amides is 1. The van der Waals surface area contributed by atoms with Crippen LogP contribution in [0.3, 0.4) is 0 Å². The number of hydrogen-bond donors (Lipinski definition) is 2. The van der Waals surface area contributed by atoms with Crippen molar-refractivity contribution in [2.24, 2.45) is 0 Å². The Morgan fingerprint density at radius 1 is 0.960 bits per heavy atom. The molecule has 2 N–H and O–H groups in total. The van der Waals surface area contributed by atoms with Gasteiger partial charge < -0.3 is 9.47 Å². The molecule has 6 heteroatoms. The van der Waals surface area contributed by atoms with Gasteiger partial charge in [0.2, 0.25) is 0 Å². The highest BCUT2D eigenvalue weighted by atomic mass is 16.6. The van der Waals surface area contributed by atoms with Crippen LogP contribution in [0.5, 0.6) is 0 Å². The third-order valence-corrected chi connectivity index (χ3v) is 3.04. The molecule has 25 heavy (non-hydrogen) atoms. The molecule has 0 heterocycles. The van der Waals surface area contributed by atoms with Gasteiger partial charge in [0.25, 0.3) is 0 Å². The van der Waals surface area contributed by atoms with Crippen molar-refractivity contribution >= 4 is 17.7 Å². The first-order valence-corrected chi connectivity index (χ1v) is 7.89. The lowest BCUT2D eigenvalue weighted by Crippen LogP contribution is -2.35. The average molecular weight is 342 g/mol. The number of carbonyl (C=O) groups is 2. The van der Waals surface area contributed by atoms with Gasteiger partial charge in [-0.1, -0.05) is 30.3 Å². The molecule has 1 amide bonds. The Balaban J connectivity index is 1.82. The van der Waals surface area contributed by atoms with Crippen molar-refractivity contribution in [3.05, 3.63) is 65.7 Å². The fourth-order valence-corrected chi connectivity index (χ4v) is 1.92. The molecule has 0 spiro atoms. The molecule has 0 saturated heterocycles. The average Bonchev–Trinajstić information content (AvgIpc) is 2.58. The zero-order chi connectivity index (χ0) is 18.3. The molecule has 0 radical (unpaired) electrons. The number of anilines is 1. The fourth-order valence-electron chi connectivity index (χ4n) is 1.92. The van der Waals surface area contributed by atoms with Crippen LogP contribution in [-0.2, 0) is 16.1 Å². The highest BCUT2D eigenvalue weighted by Crippen LogP contribution is 2.12. The third-order valence-electron chi connectivity index (χ3n) is 3.04. The first-order valence-electron chi connectivity index (χ1n) is 7.89. The fraction of sp³-hybridized carbons (Fsp3) is 0.263. The van der Waals surface area contributed by atoms with Crippen LogP contribution in [0.4, 0.5) is 10.5 Å². The highest BCUT2D eigenvalue weighted by Gasteiger charge is 2.15. The number of nitrogens with one attached hydrogen (secondary N) is 2. The summed E-state index contributed by atoms with van der Waals surface area (Å²) in [5, 5.41) is 0. The van der Waals surface area contributed by atoms with Gasteiger partial charge in [-0.25, -0.2) is 15.0 Å². The Bertz CT molecular complexity index is 706. The predicted octanol–water partition coefficient (Wildman–Crippen LogP) is 3.90. The number of ether oxygens (including phenoxy) is 2. The summed E-state index contributed by atoms with van der Waals surface area (Å²) in [5.41, 5.74) is 6.54. The standard InChI is InChI=1S/C19H22N2O4/c1-19(2,3)25-18(23)21-20-16-11-9-15(10-12-16)17(22)24-13-14-7-5-4-6-8-14/h4-12,20H,13H2,1-3H3,(H,21,23). The van der Waals surface area contributed by atoms with Gasteiger partial charge >= 0.3 is 12.1 Å². The second-order valence-electron chi connectivity index (χ2n) is 6.39. The van der Waals surface area contributed by atoms with Gasteiger partial charge in [-0.2, -0.15) is 0 Å². The quantitative estimate of drug-likeness (QED) is 0.637. The summed E-state index contributed by atoms with van der Waals surface area (Å²) in [6.45, 7) is 5.56. The lowest BCUT2D eigenvalue weighted by molar-refractivity contribution is 0.0471. The molecule has 0 aromatic heterocycles. The van der Waals surface area contributed by atoms with Gasteiger partial charge in [-0.05, 0) is 50.6 Å². The molecule has 0 fully saturated rings. The summed E-state index contributed by atoms with van der Waals surface area (Å²) in [6.07, 6.45) is -0.584. The van der Waals surface area contributed by atoms with E-state index in [1.165, 1.54) is 0 Å². The molecule has 0 aliphatic heterocycles. The van der Waals surface area contributed by atoms with E-state index in [-0.39, 0.29) is 6.61 Å². The van der Waals surface area contributed by atoms with E-state index in [2.05, 4.69) is 10.9 Å². The normalized spacial score (nSPS) is 10.7. The maximum absolute atomic E-state index is 12.0. The van der Waals surface area contributed by atoms with Gasteiger partial charge in [0.05, 0.1) is 11.3 Å². The Hall–Kier alpha value is -3.02. The maximum Gasteiger partial charge on any atom is 0.426 e. The first-order chi connectivity index (χ1) is 11.8. The summed E-state index contributed by atoms with van der Waals surface area (Å²) in [5.74, 6) is -0.407. The topological polar surface area (TPSA) is 76.7 Å². The minimum absolute atomic E-state index is 0.222. The van der Waals surface area contributed by atoms with Crippen LogP contribution in [0.25, 0.3) is 0 Å². The van der Waals surface area contributed by atoms with Crippen molar-refractivity contribution in [2.75, 3.05) is 5.43 Å². The van der Waals surface area contributed by atoms with Crippen molar-refractivity contribution in [3.63, 3.8) is 0 Å². The van der Waals surface area contributed by atoms with E-state index < -0.39 is 17.7 Å². The molecule has 2 aromatic carbocycles. The van der Waals surface area contributed by atoms with E-state index in [0.29, 0.717) is 11.3 Å². The Kier molecular flexibility index (Phi) is 6.00. The number of benzene rings is 2. The Morgan fingerprint density at radius 3 is 2.20 bits per heavy atom. The summed E-state index contributed by atoms with van der Waals surface area (Å²) in [6, 6.07) is 16.0. The molecular weight excluding hydrogens is 320 g/mol.